The summed E-state index contributed by atoms with van der Waals surface area (Å²) in [7, 11) is 0. The number of ether oxygens (including phenoxy) is 1. The highest BCUT2D eigenvalue weighted by molar-refractivity contribution is 5.44. The van der Waals surface area contributed by atoms with Crippen LogP contribution in [0.4, 0.5) is 5.95 Å². The summed E-state index contributed by atoms with van der Waals surface area (Å²) in [6, 6.07) is 5.93. The van der Waals surface area contributed by atoms with Crippen LogP contribution in [0, 0.1) is 6.92 Å². The minimum Gasteiger partial charge on any atom is -0.374 e. The Morgan fingerprint density at radius 2 is 2.17 bits per heavy atom. The number of aryl methyl sites for hydroxylation is 1. The number of nitrogens with one attached hydrogen (secondary N) is 1. The zero-order chi connectivity index (χ0) is 13.2. The van der Waals surface area contributed by atoms with Crippen molar-refractivity contribution in [2.45, 2.75) is 33.3 Å². The van der Waals surface area contributed by atoms with Crippen LogP contribution in [0.25, 0.3) is 5.65 Å². The summed E-state index contributed by atoms with van der Waals surface area (Å²) in [4.78, 5) is 4.42. The molecule has 0 radical (unpaired) electrons. The normalized spacial score (nSPS) is 12.0. The van der Waals surface area contributed by atoms with Crippen molar-refractivity contribution in [3.8, 4) is 0 Å². The van der Waals surface area contributed by atoms with Crippen molar-refractivity contribution in [3.05, 3.63) is 23.9 Å². The Hall–Kier alpha value is -1.62. The van der Waals surface area contributed by atoms with Gasteiger partial charge in [0.05, 0.1) is 5.60 Å². The Labute approximate surface area is 107 Å². The third-order valence-corrected chi connectivity index (χ3v) is 2.76. The van der Waals surface area contributed by atoms with Gasteiger partial charge >= 0.3 is 0 Å². The van der Waals surface area contributed by atoms with Crippen LogP contribution in [0.15, 0.2) is 18.2 Å². The molecule has 2 heterocycles. The van der Waals surface area contributed by atoms with E-state index in [1.807, 2.05) is 50.4 Å². The number of pyridine rings is 1. The molecule has 98 valence electrons. The maximum Gasteiger partial charge on any atom is 0.243 e. The molecule has 18 heavy (non-hydrogen) atoms. The Morgan fingerprint density at radius 3 is 2.83 bits per heavy atom. The monoisotopic (exact) mass is 248 g/mol. The molecule has 0 aliphatic carbocycles. The Kier molecular flexibility index (Phi) is 3.52. The van der Waals surface area contributed by atoms with E-state index in [4.69, 9.17) is 4.74 Å². The first-order chi connectivity index (χ1) is 8.52. The number of aromatic nitrogens is 3. The molecule has 0 unspecified atom stereocenters. The second-order valence-electron chi connectivity index (χ2n) is 4.92. The van der Waals surface area contributed by atoms with Gasteiger partial charge in [-0.25, -0.2) is 4.52 Å². The zero-order valence-electron chi connectivity index (χ0n) is 11.4. The highest BCUT2D eigenvalue weighted by Crippen LogP contribution is 2.12. The van der Waals surface area contributed by atoms with Gasteiger partial charge in [0.15, 0.2) is 5.65 Å². The zero-order valence-corrected chi connectivity index (χ0v) is 11.4. The molecule has 2 aromatic rings. The van der Waals surface area contributed by atoms with Crippen LogP contribution in [0.5, 0.6) is 0 Å². The standard InChI is InChI=1S/C13H20N4O/c1-5-18-13(3,4)9-14-12-15-11-8-6-7-10(2)17(11)16-12/h6-8H,5,9H2,1-4H3,(H,14,16). The maximum atomic E-state index is 5.62. The average Bonchev–Trinajstić information content (AvgIpc) is 2.71. The van der Waals surface area contributed by atoms with Crippen molar-refractivity contribution in [2.24, 2.45) is 0 Å². The van der Waals surface area contributed by atoms with Gasteiger partial charge in [0.1, 0.15) is 0 Å². The van der Waals surface area contributed by atoms with Gasteiger partial charge in [0.25, 0.3) is 0 Å². The van der Waals surface area contributed by atoms with Crippen molar-refractivity contribution in [1.82, 2.24) is 14.6 Å². The van der Waals surface area contributed by atoms with Crippen LogP contribution in [-0.2, 0) is 4.74 Å². The predicted octanol–water partition coefficient (Wildman–Crippen LogP) is 2.26. The summed E-state index contributed by atoms with van der Waals surface area (Å²) in [6.07, 6.45) is 0. The molecule has 0 saturated heterocycles. The highest BCUT2D eigenvalue weighted by Gasteiger charge is 2.18. The molecule has 0 fully saturated rings. The lowest BCUT2D eigenvalue weighted by Crippen LogP contribution is -2.33. The van der Waals surface area contributed by atoms with Gasteiger partial charge in [-0.1, -0.05) is 6.07 Å². The van der Waals surface area contributed by atoms with Gasteiger partial charge in [-0.3, -0.25) is 0 Å². The lowest BCUT2D eigenvalue weighted by Gasteiger charge is -2.24. The molecular formula is C13H20N4O. The summed E-state index contributed by atoms with van der Waals surface area (Å²) < 4.78 is 7.45. The maximum absolute atomic E-state index is 5.62. The quantitative estimate of drug-likeness (QED) is 0.882. The van der Waals surface area contributed by atoms with E-state index >= 15 is 0 Å². The van der Waals surface area contributed by atoms with E-state index in [2.05, 4.69) is 15.4 Å². The van der Waals surface area contributed by atoms with Crippen molar-refractivity contribution >= 4 is 11.6 Å². The first kappa shape index (κ1) is 12.8. The molecule has 1 N–H and O–H groups in total. The number of hydrogen-bond donors (Lipinski definition) is 1. The smallest absolute Gasteiger partial charge is 0.243 e. The van der Waals surface area contributed by atoms with Crippen LogP contribution >= 0.6 is 0 Å². The Bertz CT molecular complexity index is 533. The molecule has 0 saturated carbocycles. The van der Waals surface area contributed by atoms with Gasteiger partial charge in [0.2, 0.25) is 5.95 Å². The Balaban J connectivity index is 2.11. The van der Waals surface area contributed by atoms with Crippen LogP contribution in [0.1, 0.15) is 26.5 Å². The fourth-order valence-corrected chi connectivity index (χ4v) is 1.84. The van der Waals surface area contributed by atoms with Crippen LogP contribution < -0.4 is 5.32 Å². The molecule has 0 aliphatic heterocycles. The molecule has 0 amide bonds. The van der Waals surface area contributed by atoms with Crippen LogP contribution in [-0.4, -0.2) is 33.4 Å². The fraction of sp³-hybridized carbons (Fsp3) is 0.538. The molecule has 2 rings (SSSR count). The van der Waals surface area contributed by atoms with Crippen molar-refractivity contribution in [2.75, 3.05) is 18.5 Å². The van der Waals surface area contributed by atoms with Crippen molar-refractivity contribution in [3.63, 3.8) is 0 Å². The molecule has 0 aromatic carbocycles. The second kappa shape index (κ2) is 4.94. The lowest BCUT2D eigenvalue weighted by atomic mass is 10.1. The highest BCUT2D eigenvalue weighted by atomic mass is 16.5. The third-order valence-electron chi connectivity index (χ3n) is 2.76. The third kappa shape index (κ3) is 2.79. The molecular weight excluding hydrogens is 228 g/mol. The molecule has 0 aliphatic rings. The first-order valence-corrected chi connectivity index (χ1v) is 6.22. The number of fused-ring (bicyclic) bond motifs is 1. The van der Waals surface area contributed by atoms with Gasteiger partial charge in [-0.2, -0.15) is 4.98 Å². The average molecular weight is 248 g/mol. The van der Waals surface area contributed by atoms with Crippen LogP contribution in [0.2, 0.25) is 0 Å². The summed E-state index contributed by atoms with van der Waals surface area (Å²) >= 11 is 0. The van der Waals surface area contributed by atoms with Gasteiger partial charge in [0, 0.05) is 18.8 Å². The van der Waals surface area contributed by atoms with E-state index < -0.39 is 0 Å². The molecule has 5 nitrogen and oxygen atoms in total. The molecule has 5 heteroatoms. The summed E-state index contributed by atoms with van der Waals surface area (Å²) in [6.45, 7) is 9.47. The van der Waals surface area contributed by atoms with E-state index in [1.165, 1.54) is 0 Å². The number of rotatable bonds is 5. The van der Waals surface area contributed by atoms with Gasteiger partial charge < -0.3 is 10.1 Å². The summed E-state index contributed by atoms with van der Waals surface area (Å²) in [5, 5.41) is 7.63. The SMILES string of the molecule is CCOC(C)(C)CNc1nc2cccc(C)n2n1. The number of nitrogens with zero attached hydrogens (tertiary/aromatic N) is 3. The van der Waals surface area contributed by atoms with E-state index in [0.717, 1.165) is 11.3 Å². The summed E-state index contributed by atoms with van der Waals surface area (Å²) in [5.74, 6) is 0.636. The van der Waals surface area contributed by atoms with E-state index in [9.17, 15) is 0 Å². The molecule has 0 atom stereocenters. The first-order valence-electron chi connectivity index (χ1n) is 6.22. The van der Waals surface area contributed by atoms with E-state index in [1.54, 1.807) is 0 Å². The van der Waals surface area contributed by atoms with Crippen LogP contribution in [0.3, 0.4) is 0 Å². The number of anilines is 1. The molecule has 0 bridgehead atoms. The summed E-state index contributed by atoms with van der Waals surface area (Å²) in [5.41, 5.74) is 1.70. The molecule has 2 aromatic heterocycles. The predicted molar refractivity (Wildman–Crippen MR) is 71.9 cm³/mol. The molecule has 0 spiro atoms. The number of hydrogen-bond acceptors (Lipinski definition) is 4. The Morgan fingerprint density at radius 1 is 1.39 bits per heavy atom. The minimum atomic E-state index is -0.221. The van der Waals surface area contributed by atoms with Gasteiger partial charge in [-0.05, 0) is 39.8 Å². The minimum absolute atomic E-state index is 0.221. The lowest BCUT2D eigenvalue weighted by molar-refractivity contribution is 0.000586. The van der Waals surface area contributed by atoms with Crippen molar-refractivity contribution in [1.29, 1.82) is 0 Å². The second-order valence-corrected chi connectivity index (χ2v) is 4.92. The van der Waals surface area contributed by atoms with E-state index in [0.29, 0.717) is 19.1 Å². The fourth-order valence-electron chi connectivity index (χ4n) is 1.84. The largest absolute Gasteiger partial charge is 0.374 e. The topological polar surface area (TPSA) is 51.5 Å². The van der Waals surface area contributed by atoms with Crippen molar-refractivity contribution < 1.29 is 4.74 Å². The van der Waals surface area contributed by atoms with Gasteiger partial charge in [-0.15, -0.1) is 5.10 Å². The van der Waals surface area contributed by atoms with E-state index in [-0.39, 0.29) is 5.60 Å².